The fraction of sp³-hybridized carbons (Fsp3) is 0.538. The Kier molecular flexibility index (Phi) is 2.47. The van der Waals surface area contributed by atoms with Gasteiger partial charge in [0.15, 0.2) is 0 Å². The van der Waals surface area contributed by atoms with E-state index in [9.17, 15) is 4.39 Å². The highest BCUT2D eigenvalue weighted by atomic mass is 35.5. The Balaban J connectivity index is 1.70. The third-order valence-corrected chi connectivity index (χ3v) is 4.35. The van der Waals surface area contributed by atoms with Crippen molar-refractivity contribution in [2.24, 2.45) is 11.3 Å². The van der Waals surface area contributed by atoms with Crippen molar-refractivity contribution in [2.75, 3.05) is 17.6 Å². The SMILES string of the molecule is Nc1cc(Cl)c(F)cc1NCC1(C2CC2)CC1. The molecule has 0 aromatic heterocycles. The minimum atomic E-state index is -0.417. The Labute approximate surface area is 105 Å². The number of hydrogen-bond donors (Lipinski definition) is 2. The summed E-state index contributed by atoms with van der Waals surface area (Å²) >= 11 is 5.67. The molecule has 17 heavy (non-hydrogen) atoms. The van der Waals surface area contributed by atoms with E-state index < -0.39 is 5.82 Å². The quantitative estimate of drug-likeness (QED) is 0.805. The second-order valence-electron chi connectivity index (χ2n) is 5.34. The summed E-state index contributed by atoms with van der Waals surface area (Å²) in [5.74, 6) is 0.466. The predicted molar refractivity (Wildman–Crippen MR) is 68.7 cm³/mol. The number of nitrogen functional groups attached to an aromatic ring is 1. The average Bonchev–Trinajstić information content (AvgIpc) is 3.14. The van der Waals surface area contributed by atoms with Crippen LogP contribution in [0.2, 0.25) is 5.02 Å². The Morgan fingerprint density at radius 2 is 2.12 bits per heavy atom. The summed E-state index contributed by atoms with van der Waals surface area (Å²) < 4.78 is 13.3. The van der Waals surface area contributed by atoms with E-state index in [-0.39, 0.29) is 5.02 Å². The van der Waals surface area contributed by atoms with Gasteiger partial charge in [0, 0.05) is 12.6 Å². The first-order valence-electron chi connectivity index (χ1n) is 6.09. The molecule has 92 valence electrons. The van der Waals surface area contributed by atoms with Crippen molar-refractivity contribution in [3.8, 4) is 0 Å². The van der Waals surface area contributed by atoms with Crippen LogP contribution in [-0.2, 0) is 0 Å². The van der Waals surface area contributed by atoms with E-state index >= 15 is 0 Å². The maximum absolute atomic E-state index is 13.3. The number of halogens is 2. The summed E-state index contributed by atoms with van der Waals surface area (Å²) in [6, 6.07) is 2.86. The van der Waals surface area contributed by atoms with Gasteiger partial charge in [-0.3, -0.25) is 0 Å². The zero-order chi connectivity index (χ0) is 12.0. The second kappa shape index (κ2) is 3.77. The molecule has 3 N–H and O–H groups in total. The minimum absolute atomic E-state index is 0.0800. The van der Waals surface area contributed by atoms with E-state index in [0.29, 0.717) is 16.8 Å². The lowest BCUT2D eigenvalue weighted by atomic mass is 10.0. The van der Waals surface area contributed by atoms with Crippen molar-refractivity contribution in [3.05, 3.63) is 23.0 Å². The third-order valence-electron chi connectivity index (χ3n) is 4.06. The van der Waals surface area contributed by atoms with Crippen molar-refractivity contribution in [1.29, 1.82) is 0 Å². The molecular formula is C13H16ClFN2. The fourth-order valence-electron chi connectivity index (χ4n) is 2.57. The van der Waals surface area contributed by atoms with Gasteiger partial charge >= 0.3 is 0 Å². The maximum Gasteiger partial charge on any atom is 0.143 e. The minimum Gasteiger partial charge on any atom is -0.397 e. The van der Waals surface area contributed by atoms with E-state index in [0.717, 1.165) is 12.5 Å². The van der Waals surface area contributed by atoms with Crippen LogP contribution < -0.4 is 11.1 Å². The molecule has 2 aliphatic rings. The first kappa shape index (κ1) is 11.1. The fourth-order valence-corrected chi connectivity index (χ4v) is 2.74. The topological polar surface area (TPSA) is 38.0 Å². The Morgan fingerprint density at radius 1 is 1.41 bits per heavy atom. The molecular weight excluding hydrogens is 239 g/mol. The molecule has 3 rings (SSSR count). The van der Waals surface area contributed by atoms with Gasteiger partial charge in [-0.1, -0.05) is 11.6 Å². The maximum atomic E-state index is 13.3. The van der Waals surface area contributed by atoms with Crippen LogP contribution in [0.4, 0.5) is 15.8 Å². The van der Waals surface area contributed by atoms with Crippen molar-refractivity contribution in [3.63, 3.8) is 0 Å². The standard InChI is InChI=1S/C13H16ClFN2/c14-9-5-11(16)12(6-10(9)15)17-7-13(3-4-13)8-1-2-8/h5-6,8,17H,1-4,7,16H2. The van der Waals surface area contributed by atoms with E-state index in [1.807, 2.05) is 0 Å². The van der Waals surface area contributed by atoms with Crippen molar-refractivity contribution < 1.29 is 4.39 Å². The molecule has 0 radical (unpaired) electrons. The molecule has 0 heterocycles. The average molecular weight is 255 g/mol. The van der Waals surface area contributed by atoms with Crippen molar-refractivity contribution >= 4 is 23.0 Å². The second-order valence-corrected chi connectivity index (χ2v) is 5.75. The normalized spacial score (nSPS) is 21.3. The number of benzene rings is 1. The van der Waals surface area contributed by atoms with Crippen LogP contribution in [0.5, 0.6) is 0 Å². The van der Waals surface area contributed by atoms with Gasteiger partial charge < -0.3 is 11.1 Å². The molecule has 0 unspecified atom stereocenters. The Bertz CT molecular complexity index is 453. The molecule has 4 heteroatoms. The van der Waals surface area contributed by atoms with Gasteiger partial charge in [0.25, 0.3) is 0 Å². The molecule has 0 atom stereocenters. The molecule has 1 aromatic carbocycles. The van der Waals surface area contributed by atoms with Gasteiger partial charge in [-0.15, -0.1) is 0 Å². The van der Waals surface area contributed by atoms with Crippen LogP contribution in [-0.4, -0.2) is 6.54 Å². The number of hydrogen-bond acceptors (Lipinski definition) is 2. The highest BCUT2D eigenvalue weighted by Crippen LogP contribution is 2.61. The molecule has 2 saturated carbocycles. The van der Waals surface area contributed by atoms with E-state index in [1.54, 1.807) is 0 Å². The van der Waals surface area contributed by atoms with E-state index in [1.165, 1.54) is 37.8 Å². The number of nitrogens with two attached hydrogens (primary N) is 1. The molecule has 0 bridgehead atoms. The number of anilines is 2. The van der Waals surface area contributed by atoms with Crippen molar-refractivity contribution in [2.45, 2.75) is 25.7 Å². The van der Waals surface area contributed by atoms with Crippen LogP contribution >= 0.6 is 11.6 Å². The lowest BCUT2D eigenvalue weighted by Crippen LogP contribution is -2.18. The lowest BCUT2D eigenvalue weighted by molar-refractivity contribution is 0.467. The largest absolute Gasteiger partial charge is 0.397 e. The van der Waals surface area contributed by atoms with Crippen LogP contribution in [0.1, 0.15) is 25.7 Å². The van der Waals surface area contributed by atoms with Crippen molar-refractivity contribution in [1.82, 2.24) is 0 Å². The molecule has 2 nitrogen and oxygen atoms in total. The molecule has 2 fully saturated rings. The first-order valence-corrected chi connectivity index (χ1v) is 6.47. The molecule has 0 saturated heterocycles. The van der Waals surface area contributed by atoms with Gasteiger partial charge in [0.1, 0.15) is 5.82 Å². The van der Waals surface area contributed by atoms with Crippen LogP contribution in [0.15, 0.2) is 12.1 Å². The van der Waals surface area contributed by atoms with Crippen LogP contribution in [0.25, 0.3) is 0 Å². The summed E-state index contributed by atoms with van der Waals surface area (Å²) in [6.45, 7) is 0.906. The Morgan fingerprint density at radius 3 is 2.71 bits per heavy atom. The summed E-state index contributed by atoms with van der Waals surface area (Å²) in [6.07, 6.45) is 5.29. The highest BCUT2D eigenvalue weighted by Gasteiger charge is 2.53. The Hall–Kier alpha value is -0.960. The zero-order valence-corrected chi connectivity index (χ0v) is 10.4. The third kappa shape index (κ3) is 2.08. The number of rotatable bonds is 4. The van der Waals surface area contributed by atoms with Gasteiger partial charge in [-0.05, 0) is 43.1 Å². The highest BCUT2D eigenvalue weighted by molar-refractivity contribution is 6.31. The van der Waals surface area contributed by atoms with Gasteiger partial charge in [-0.25, -0.2) is 4.39 Å². The van der Waals surface area contributed by atoms with Crippen LogP contribution in [0, 0.1) is 17.2 Å². The predicted octanol–water partition coefficient (Wildman–Crippen LogP) is 3.66. The molecule has 2 aliphatic carbocycles. The first-order chi connectivity index (χ1) is 8.11. The molecule has 0 aliphatic heterocycles. The van der Waals surface area contributed by atoms with Gasteiger partial charge in [-0.2, -0.15) is 0 Å². The van der Waals surface area contributed by atoms with E-state index in [4.69, 9.17) is 17.3 Å². The lowest BCUT2D eigenvalue weighted by Gasteiger charge is -2.17. The summed E-state index contributed by atoms with van der Waals surface area (Å²) in [5.41, 5.74) is 7.48. The molecule has 0 spiro atoms. The summed E-state index contributed by atoms with van der Waals surface area (Å²) in [5, 5.41) is 3.36. The zero-order valence-electron chi connectivity index (χ0n) is 9.60. The van der Waals surface area contributed by atoms with Gasteiger partial charge in [0.2, 0.25) is 0 Å². The van der Waals surface area contributed by atoms with Crippen LogP contribution in [0.3, 0.4) is 0 Å². The molecule has 1 aromatic rings. The smallest absolute Gasteiger partial charge is 0.143 e. The number of nitrogens with one attached hydrogen (secondary N) is 1. The van der Waals surface area contributed by atoms with Gasteiger partial charge in [0.05, 0.1) is 16.4 Å². The monoisotopic (exact) mass is 254 g/mol. The summed E-state index contributed by atoms with van der Waals surface area (Å²) in [4.78, 5) is 0. The van der Waals surface area contributed by atoms with E-state index in [2.05, 4.69) is 5.32 Å². The molecule has 0 amide bonds. The summed E-state index contributed by atoms with van der Waals surface area (Å²) in [7, 11) is 0.